The third kappa shape index (κ3) is 7.01. The fourth-order valence-electron chi connectivity index (χ4n) is 2.86. The molecule has 1 atom stereocenters. The summed E-state index contributed by atoms with van der Waals surface area (Å²) in [7, 11) is 0. The Hall–Kier alpha value is -2.95. The fourth-order valence-corrected chi connectivity index (χ4v) is 2.86. The molecule has 0 saturated carbocycles. The number of carbonyl (C=O) groups is 2. The van der Waals surface area contributed by atoms with Crippen molar-refractivity contribution in [3.8, 4) is 0 Å². The maximum atomic E-state index is 14.2. The highest BCUT2D eigenvalue weighted by Crippen LogP contribution is 2.36. The number of carbonyl (C=O) groups excluding carboxylic acids is 2. The van der Waals surface area contributed by atoms with Crippen molar-refractivity contribution in [2.24, 2.45) is 0 Å². The van der Waals surface area contributed by atoms with Crippen LogP contribution in [0.3, 0.4) is 0 Å². The van der Waals surface area contributed by atoms with Crippen molar-refractivity contribution < 1.29 is 50.8 Å². The topological polar surface area (TPSA) is 71.0 Å². The van der Waals surface area contributed by atoms with Crippen molar-refractivity contribution in [2.75, 3.05) is 0 Å². The Balaban J connectivity index is 2.42. The molecular weight excluding hydrogens is 459 g/mol. The Kier molecular flexibility index (Phi) is 7.27. The Morgan fingerprint density at radius 2 is 1.39 bits per heavy atom. The molecule has 180 valence electrons. The smallest absolute Gasteiger partial charge is 0.416 e. The molecule has 3 N–H and O–H groups in total. The summed E-state index contributed by atoms with van der Waals surface area (Å²) in [5.74, 6) is -2.75. The Bertz CT molecular complexity index is 1020. The van der Waals surface area contributed by atoms with Crippen molar-refractivity contribution in [1.29, 1.82) is 0 Å². The second-order valence-corrected chi connectivity index (χ2v) is 8.36. The first kappa shape index (κ1) is 26.3. The number of hydrogen-bond acceptors (Lipinski definition) is 3. The number of esters is 1. The van der Waals surface area contributed by atoms with Crippen LogP contribution in [0.2, 0.25) is 0 Å². The second kappa shape index (κ2) is 9.12. The molecule has 11 heteroatoms. The monoisotopic (exact) mass is 480 g/mol. The van der Waals surface area contributed by atoms with Crippen LogP contribution in [0.25, 0.3) is 0 Å². The maximum Gasteiger partial charge on any atom is 0.416 e. The number of quaternary nitrogens is 1. The van der Waals surface area contributed by atoms with E-state index in [1.807, 2.05) is 0 Å². The van der Waals surface area contributed by atoms with Gasteiger partial charge in [-0.2, -0.15) is 26.3 Å². The summed E-state index contributed by atoms with van der Waals surface area (Å²) >= 11 is 0. The minimum atomic E-state index is -5.13. The first-order chi connectivity index (χ1) is 14.9. The average Bonchev–Trinajstić information content (AvgIpc) is 2.66. The molecule has 0 radical (unpaired) electrons. The lowest BCUT2D eigenvalue weighted by Crippen LogP contribution is -2.67. The number of alkyl halides is 6. The van der Waals surface area contributed by atoms with Crippen LogP contribution in [-0.2, 0) is 28.3 Å². The number of benzene rings is 2. The van der Waals surface area contributed by atoms with Crippen LogP contribution in [0, 0.1) is 5.82 Å². The number of halogens is 7. The van der Waals surface area contributed by atoms with Crippen molar-refractivity contribution >= 4 is 11.8 Å². The zero-order valence-electron chi connectivity index (χ0n) is 17.8. The predicted octanol–water partition coefficient (Wildman–Crippen LogP) is 4.59. The molecule has 1 unspecified atom stereocenters. The van der Waals surface area contributed by atoms with Crippen LogP contribution in [-0.4, -0.2) is 23.4 Å². The zero-order chi connectivity index (χ0) is 25.4. The molecule has 0 spiro atoms. The van der Waals surface area contributed by atoms with Crippen molar-refractivity contribution in [3.63, 3.8) is 0 Å². The normalized spacial score (nSPS) is 13.5. The molecule has 0 aromatic heterocycles. The molecule has 0 aliphatic carbocycles. The van der Waals surface area contributed by atoms with Gasteiger partial charge in [-0.3, -0.25) is 4.79 Å². The lowest BCUT2D eigenvalue weighted by atomic mass is 9.95. The summed E-state index contributed by atoms with van der Waals surface area (Å²) < 4.78 is 97.9. The Labute approximate surface area is 184 Å². The van der Waals surface area contributed by atoms with E-state index in [9.17, 15) is 40.3 Å². The van der Waals surface area contributed by atoms with E-state index in [2.05, 4.69) is 5.73 Å². The van der Waals surface area contributed by atoms with Gasteiger partial charge in [0.05, 0.1) is 11.1 Å². The maximum absolute atomic E-state index is 14.2. The highest BCUT2D eigenvalue weighted by atomic mass is 19.4. The third-order valence-electron chi connectivity index (χ3n) is 4.36. The molecule has 33 heavy (non-hydrogen) atoms. The van der Waals surface area contributed by atoms with E-state index >= 15 is 0 Å². The van der Waals surface area contributed by atoms with Gasteiger partial charge >= 0.3 is 18.3 Å². The summed E-state index contributed by atoms with van der Waals surface area (Å²) in [5.41, 5.74) is -1.92. The summed E-state index contributed by atoms with van der Waals surface area (Å²) in [5, 5.41) is 0. The Morgan fingerprint density at radius 1 is 0.879 bits per heavy atom. The van der Waals surface area contributed by atoms with E-state index in [0.29, 0.717) is 12.1 Å². The standard InChI is InChI=1S/C22H20F7NO3/c1-20(2,3)33-19(32)17(30)9-12-6-11(4-5-16(12)23)18(31)13-7-14(21(24,25)26)10-15(8-13)22(27,28)29/h4-8,10,17H,9,30H2,1-3H3/p+1. The van der Waals surface area contributed by atoms with Gasteiger partial charge in [0, 0.05) is 17.5 Å². The van der Waals surface area contributed by atoms with E-state index in [0.717, 1.165) is 18.2 Å². The van der Waals surface area contributed by atoms with Crippen LogP contribution in [0.1, 0.15) is 53.4 Å². The van der Waals surface area contributed by atoms with Gasteiger partial charge in [0.25, 0.3) is 0 Å². The number of ether oxygens (including phenoxy) is 1. The van der Waals surface area contributed by atoms with Crippen molar-refractivity contribution in [3.05, 3.63) is 70.0 Å². The second-order valence-electron chi connectivity index (χ2n) is 8.36. The summed E-state index contributed by atoms with van der Waals surface area (Å²) in [6, 6.07) is 2.16. The van der Waals surface area contributed by atoms with E-state index in [1.54, 1.807) is 20.8 Å². The average molecular weight is 480 g/mol. The van der Waals surface area contributed by atoms with Crippen molar-refractivity contribution in [2.45, 2.75) is 51.2 Å². The molecule has 2 rings (SSSR count). The molecule has 4 nitrogen and oxygen atoms in total. The van der Waals surface area contributed by atoms with Gasteiger partial charge < -0.3 is 10.5 Å². The van der Waals surface area contributed by atoms with Gasteiger partial charge in [-0.1, -0.05) is 0 Å². The number of ketones is 1. The minimum Gasteiger partial charge on any atom is -0.456 e. The SMILES string of the molecule is CC(C)(C)OC(=O)C([NH3+])Cc1cc(C(=O)c2cc(C(F)(F)F)cc(C(F)(F)F)c2)ccc1F. The van der Waals surface area contributed by atoms with E-state index < -0.39 is 58.3 Å². The third-order valence-corrected chi connectivity index (χ3v) is 4.36. The van der Waals surface area contributed by atoms with E-state index in [4.69, 9.17) is 4.74 Å². The Morgan fingerprint density at radius 3 is 1.85 bits per heavy atom. The van der Waals surface area contributed by atoms with Gasteiger partial charge in [-0.05, 0) is 62.7 Å². The summed E-state index contributed by atoms with van der Waals surface area (Å²) in [6.07, 6.45) is -10.6. The van der Waals surface area contributed by atoms with Gasteiger partial charge in [0.15, 0.2) is 11.8 Å². The predicted molar refractivity (Wildman–Crippen MR) is 103 cm³/mol. The number of hydrogen-bond donors (Lipinski definition) is 1. The van der Waals surface area contributed by atoms with Crippen LogP contribution < -0.4 is 5.73 Å². The first-order valence-electron chi connectivity index (χ1n) is 9.57. The lowest BCUT2D eigenvalue weighted by Gasteiger charge is -2.21. The first-order valence-corrected chi connectivity index (χ1v) is 9.57. The summed E-state index contributed by atoms with van der Waals surface area (Å²) in [6.45, 7) is 4.84. The van der Waals surface area contributed by atoms with E-state index in [1.165, 1.54) is 0 Å². The zero-order valence-corrected chi connectivity index (χ0v) is 17.8. The van der Waals surface area contributed by atoms with Gasteiger partial charge in [-0.15, -0.1) is 0 Å². The molecule has 0 fully saturated rings. The largest absolute Gasteiger partial charge is 0.456 e. The molecule has 2 aromatic rings. The molecule has 2 aromatic carbocycles. The number of rotatable bonds is 5. The van der Waals surface area contributed by atoms with Crippen molar-refractivity contribution in [1.82, 2.24) is 0 Å². The molecule has 0 aliphatic heterocycles. The van der Waals surface area contributed by atoms with E-state index in [-0.39, 0.29) is 23.6 Å². The van der Waals surface area contributed by atoms with Gasteiger partial charge in [0.1, 0.15) is 11.4 Å². The van der Waals surface area contributed by atoms with Gasteiger partial charge in [0.2, 0.25) is 0 Å². The molecule has 0 heterocycles. The molecule has 0 saturated heterocycles. The molecule has 0 aliphatic rings. The highest BCUT2D eigenvalue weighted by molar-refractivity contribution is 6.09. The lowest BCUT2D eigenvalue weighted by molar-refractivity contribution is -0.409. The van der Waals surface area contributed by atoms with Crippen LogP contribution in [0.4, 0.5) is 30.7 Å². The quantitative estimate of drug-likeness (QED) is 0.387. The fraction of sp³-hybridized carbons (Fsp3) is 0.364. The van der Waals surface area contributed by atoms with Crippen LogP contribution in [0.15, 0.2) is 36.4 Å². The molecule has 0 amide bonds. The summed E-state index contributed by atoms with van der Waals surface area (Å²) in [4.78, 5) is 24.8. The van der Waals surface area contributed by atoms with Gasteiger partial charge in [-0.25, -0.2) is 9.18 Å². The molecular formula is C22H21F7NO3+. The minimum absolute atomic E-state index is 0.0962. The van der Waals surface area contributed by atoms with Crippen LogP contribution >= 0.6 is 0 Å². The molecule has 0 bridgehead atoms. The van der Waals surface area contributed by atoms with Crippen LogP contribution in [0.5, 0.6) is 0 Å². The highest BCUT2D eigenvalue weighted by Gasteiger charge is 2.37.